The van der Waals surface area contributed by atoms with E-state index in [9.17, 15) is 17.6 Å². The Morgan fingerprint density at radius 3 is 2.65 bits per heavy atom. The molecule has 0 radical (unpaired) electrons. The SMILES string of the molecule is O=C(Cc1ccc(S(=O)(=O)N2CCCCC2)s1)NCc1cccc(F)c1. The van der Waals surface area contributed by atoms with Crippen LogP contribution >= 0.6 is 11.3 Å². The van der Waals surface area contributed by atoms with Crippen molar-refractivity contribution in [3.05, 3.63) is 52.7 Å². The number of piperidine rings is 1. The normalized spacial score (nSPS) is 15.7. The summed E-state index contributed by atoms with van der Waals surface area (Å²) in [5, 5.41) is 2.73. The van der Waals surface area contributed by atoms with Crippen molar-refractivity contribution in [1.82, 2.24) is 9.62 Å². The number of hydrogen-bond acceptors (Lipinski definition) is 4. The molecule has 1 aliphatic rings. The fraction of sp³-hybridized carbons (Fsp3) is 0.389. The van der Waals surface area contributed by atoms with Crippen molar-refractivity contribution >= 4 is 27.3 Å². The third-order valence-corrected chi connectivity index (χ3v) is 7.71. The van der Waals surface area contributed by atoms with Gasteiger partial charge in [-0.1, -0.05) is 18.6 Å². The largest absolute Gasteiger partial charge is 0.352 e. The second-order valence-electron chi connectivity index (χ2n) is 6.27. The highest BCUT2D eigenvalue weighted by Gasteiger charge is 2.27. The molecule has 1 amide bonds. The highest BCUT2D eigenvalue weighted by Crippen LogP contribution is 2.27. The van der Waals surface area contributed by atoms with Crippen LogP contribution in [0.4, 0.5) is 4.39 Å². The van der Waals surface area contributed by atoms with Gasteiger partial charge in [0.15, 0.2) is 0 Å². The molecule has 0 saturated carbocycles. The molecule has 0 unspecified atom stereocenters. The summed E-state index contributed by atoms with van der Waals surface area (Å²) in [6.07, 6.45) is 2.95. The van der Waals surface area contributed by atoms with Crippen LogP contribution in [0.2, 0.25) is 0 Å². The molecule has 5 nitrogen and oxygen atoms in total. The van der Waals surface area contributed by atoms with Gasteiger partial charge in [-0.2, -0.15) is 4.31 Å². The summed E-state index contributed by atoms with van der Waals surface area (Å²) in [5.41, 5.74) is 0.679. The zero-order chi connectivity index (χ0) is 18.6. The predicted octanol–water partition coefficient (Wildman–Crippen LogP) is 2.92. The quantitative estimate of drug-likeness (QED) is 0.816. The Labute approximate surface area is 156 Å². The van der Waals surface area contributed by atoms with E-state index in [4.69, 9.17) is 0 Å². The summed E-state index contributed by atoms with van der Waals surface area (Å²) in [4.78, 5) is 12.8. The van der Waals surface area contributed by atoms with E-state index < -0.39 is 10.0 Å². The molecule has 0 bridgehead atoms. The number of nitrogens with zero attached hydrogens (tertiary/aromatic N) is 1. The lowest BCUT2D eigenvalue weighted by Gasteiger charge is -2.25. The number of hydrogen-bond donors (Lipinski definition) is 1. The first-order chi connectivity index (χ1) is 12.4. The molecule has 1 fully saturated rings. The van der Waals surface area contributed by atoms with Crippen molar-refractivity contribution in [2.75, 3.05) is 13.1 Å². The smallest absolute Gasteiger partial charge is 0.252 e. The molecule has 3 rings (SSSR count). The molecule has 26 heavy (non-hydrogen) atoms. The molecule has 2 aromatic rings. The minimum atomic E-state index is -3.46. The summed E-state index contributed by atoms with van der Waals surface area (Å²) in [7, 11) is -3.46. The number of halogens is 1. The van der Waals surface area contributed by atoms with Crippen LogP contribution in [-0.2, 0) is 27.8 Å². The maximum absolute atomic E-state index is 13.1. The van der Waals surface area contributed by atoms with Crippen molar-refractivity contribution in [3.8, 4) is 0 Å². The predicted molar refractivity (Wildman–Crippen MR) is 98.9 cm³/mol. The maximum Gasteiger partial charge on any atom is 0.252 e. The second-order valence-corrected chi connectivity index (χ2v) is 9.60. The van der Waals surface area contributed by atoms with Crippen molar-refractivity contribution in [1.29, 1.82) is 0 Å². The molecule has 1 saturated heterocycles. The van der Waals surface area contributed by atoms with Crippen LogP contribution in [0.15, 0.2) is 40.6 Å². The van der Waals surface area contributed by atoms with E-state index in [0.717, 1.165) is 30.6 Å². The zero-order valence-electron chi connectivity index (χ0n) is 14.3. The topological polar surface area (TPSA) is 66.5 Å². The molecule has 0 aliphatic carbocycles. The fourth-order valence-electron chi connectivity index (χ4n) is 2.89. The number of benzene rings is 1. The maximum atomic E-state index is 13.1. The lowest BCUT2D eigenvalue weighted by atomic mass is 10.2. The Balaban J connectivity index is 1.58. The number of thiophene rings is 1. The van der Waals surface area contributed by atoms with Gasteiger partial charge < -0.3 is 5.32 Å². The van der Waals surface area contributed by atoms with Gasteiger partial charge in [0.2, 0.25) is 5.91 Å². The van der Waals surface area contributed by atoms with Gasteiger partial charge in [0.05, 0.1) is 6.42 Å². The Morgan fingerprint density at radius 2 is 1.92 bits per heavy atom. The van der Waals surface area contributed by atoms with Crippen LogP contribution in [0.5, 0.6) is 0 Å². The first-order valence-corrected chi connectivity index (χ1v) is 10.8. The van der Waals surface area contributed by atoms with Crippen LogP contribution in [0.25, 0.3) is 0 Å². The van der Waals surface area contributed by atoms with Crippen molar-refractivity contribution in [2.45, 2.75) is 36.4 Å². The van der Waals surface area contributed by atoms with Crippen LogP contribution in [0, 0.1) is 5.82 Å². The molecular formula is C18H21FN2O3S2. The van der Waals surface area contributed by atoms with E-state index >= 15 is 0 Å². The van der Waals surface area contributed by atoms with E-state index in [0.29, 0.717) is 23.5 Å². The number of carbonyl (C=O) groups excluding carboxylic acids is 1. The molecule has 1 aromatic carbocycles. The molecule has 1 aliphatic heterocycles. The Morgan fingerprint density at radius 1 is 1.15 bits per heavy atom. The van der Waals surface area contributed by atoms with Crippen LogP contribution in [-0.4, -0.2) is 31.7 Å². The first-order valence-electron chi connectivity index (χ1n) is 8.55. The Bertz CT molecular complexity index is 874. The number of sulfonamides is 1. The van der Waals surface area contributed by atoms with Gasteiger partial charge in [-0.15, -0.1) is 11.3 Å². The highest BCUT2D eigenvalue weighted by atomic mass is 32.2. The second kappa shape index (κ2) is 8.28. The van der Waals surface area contributed by atoms with E-state index in [1.165, 1.54) is 16.4 Å². The Kier molecular flexibility index (Phi) is 6.05. The average Bonchev–Trinajstić information content (AvgIpc) is 3.10. The number of nitrogens with one attached hydrogen (secondary N) is 1. The standard InChI is InChI=1S/C18H21FN2O3S2/c19-15-6-4-5-14(11-15)13-20-17(22)12-16-7-8-18(25-16)26(23,24)21-9-2-1-3-10-21/h4-8,11H,1-3,9-10,12-13H2,(H,20,22). The molecular weight excluding hydrogens is 375 g/mol. The fourth-order valence-corrected chi connectivity index (χ4v) is 5.92. The number of carbonyl (C=O) groups is 1. The van der Waals surface area contributed by atoms with Gasteiger partial charge in [-0.25, -0.2) is 12.8 Å². The number of rotatable bonds is 6. The summed E-state index contributed by atoms with van der Waals surface area (Å²) in [6, 6.07) is 9.30. The third-order valence-electron chi connectivity index (χ3n) is 4.26. The van der Waals surface area contributed by atoms with Gasteiger partial charge in [-0.3, -0.25) is 4.79 Å². The van der Waals surface area contributed by atoms with Gasteiger partial charge >= 0.3 is 0 Å². The van der Waals surface area contributed by atoms with Gasteiger partial charge in [0.1, 0.15) is 10.0 Å². The van der Waals surface area contributed by atoms with Crippen LogP contribution in [0.3, 0.4) is 0 Å². The minimum absolute atomic E-state index is 0.107. The van der Waals surface area contributed by atoms with E-state index in [1.54, 1.807) is 24.3 Å². The summed E-state index contributed by atoms with van der Waals surface area (Å²) in [6.45, 7) is 1.36. The van der Waals surface area contributed by atoms with Gasteiger partial charge in [-0.05, 0) is 42.7 Å². The van der Waals surface area contributed by atoms with Crippen LogP contribution in [0.1, 0.15) is 29.7 Å². The first kappa shape index (κ1) is 19.0. The van der Waals surface area contributed by atoms with E-state index in [1.807, 2.05) is 0 Å². The van der Waals surface area contributed by atoms with E-state index in [-0.39, 0.29) is 28.9 Å². The third kappa shape index (κ3) is 4.69. The number of amides is 1. The van der Waals surface area contributed by atoms with Crippen LogP contribution < -0.4 is 5.32 Å². The molecule has 0 spiro atoms. The lowest BCUT2D eigenvalue weighted by Crippen LogP contribution is -2.35. The monoisotopic (exact) mass is 396 g/mol. The molecule has 1 N–H and O–H groups in total. The Hall–Kier alpha value is -1.77. The summed E-state index contributed by atoms with van der Waals surface area (Å²) < 4.78 is 40.2. The van der Waals surface area contributed by atoms with Gasteiger partial charge in [0.25, 0.3) is 10.0 Å². The highest BCUT2D eigenvalue weighted by molar-refractivity contribution is 7.91. The summed E-state index contributed by atoms with van der Waals surface area (Å²) >= 11 is 1.14. The van der Waals surface area contributed by atoms with Crippen molar-refractivity contribution in [3.63, 3.8) is 0 Å². The summed E-state index contributed by atoms with van der Waals surface area (Å²) in [5.74, 6) is -0.569. The molecule has 2 heterocycles. The molecule has 140 valence electrons. The zero-order valence-corrected chi connectivity index (χ0v) is 15.9. The van der Waals surface area contributed by atoms with Crippen molar-refractivity contribution in [2.24, 2.45) is 0 Å². The van der Waals surface area contributed by atoms with E-state index in [2.05, 4.69) is 5.32 Å². The van der Waals surface area contributed by atoms with Gasteiger partial charge in [0, 0.05) is 24.5 Å². The molecule has 1 aromatic heterocycles. The molecule has 0 atom stereocenters. The average molecular weight is 397 g/mol. The lowest BCUT2D eigenvalue weighted by molar-refractivity contribution is -0.120. The molecule has 8 heteroatoms. The minimum Gasteiger partial charge on any atom is -0.352 e. The van der Waals surface area contributed by atoms with Crippen molar-refractivity contribution < 1.29 is 17.6 Å².